The molecule has 1 aromatic rings. The van der Waals surface area contributed by atoms with Crippen molar-refractivity contribution in [1.29, 1.82) is 0 Å². The van der Waals surface area contributed by atoms with E-state index >= 15 is 0 Å². The van der Waals surface area contributed by atoms with Crippen molar-refractivity contribution >= 4 is 39.4 Å². The Balaban J connectivity index is 1.56. The quantitative estimate of drug-likeness (QED) is 0.422. The molecule has 0 bridgehead atoms. The molecule has 1 atom stereocenters. The molecule has 0 spiro atoms. The summed E-state index contributed by atoms with van der Waals surface area (Å²) in [4.78, 5) is 41.4. The maximum absolute atomic E-state index is 12.6. The molecule has 8 nitrogen and oxygen atoms in total. The molecule has 0 saturated carbocycles. The van der Waals surface area contributed by atoms with Gasteiger partial charge in [0.25, 0.3) is 5.91 Å². The fraction of sp³-hybridized carbons (Fsp3) is 0.571. The van der Waals surface area contributed by atoms with Crippen molar-refractivity contribution in [3.63, 3.8) is 0 Å². The number of esters is 1. The molecule has 2 heterocycles. The topological polar surface area (TPSA) is 101 Å². The van der Waals surface area contributed by atoms with E-state index < -0.39 is 28.3 Å². The number of likely N-dealkylation sites (tertiary alicyclic amines) is 1. The van der Waals surface area contributed by atoms with E-state index in [-0.39, 0.29) is 29.2 Å². The van der Waals surface area contributed by atoms with E-state index in [0.717, 1.165) is 25.9 Å². The number of benzene rings is 1. The number of hydrogen-bond acceptors (Lipinski definition) is 7. The normalized spacial score (nSPS) is 19.9. The summed E-state index contributed by atoms with van der Waals surface area (Å²) in [7, 11) is -3.12. The lowest BCUT2D eigenvalue weighted by atomic mass is 10.2. The Morgan fingerprint density at radius 2 is 1.90 bits per heavy atom. The van der Waals surface area contributed by atoms with E-state index in [4.69, 9.17) is 4.74 Å². The SMILES string of the molecule is CCN(C(=O)COC(=O)c1ccccc1SCC(=O)N1CCCC1)[C@@H]1CCS(=O)(=O)C1. The van der Waals surface area contributed by atoms with Crippen LogP contribution in [-0.2, 0) is 24.2 Å². The maximum Gasteiger partial charge on any atom is 0.339 e. The number of thioether (sulfide) groups is 1. The smallest absolute Gasteiger partial charge is 0.339 e. The van der Waals surface area contributed by atoms with Gasteiger partial charge in [-0.2, -0.15) is 0 Å². The third-order valence-electron chi connectivity index (χ3n) is 5.55. The average Bonchev–Trinajstić information content (AvgIpc) is 3.41. The Morgan fingerprint density at radius 3 is 2.55 bits per heavy atom. The molecule has 0 aliphatic carbocycles. The molecule has 2 aliphatic rings. The second-order valence-electron chi connectivity index (χ2n) is 7.69. The van der Waals surface area contributed by atoms with E-state index in [0.29, 0.717) is 23.4 Å². The molecule has 2 saturated heterocycles. The van der Waals surface area contributed by atoms with Crippen LogP contribution in [0.5, 0.6) is 0 Å². The van der Waals surface area contributed by atoms with Crippen molar-refractivity contribution in [2.75, 3.05) is 43.5 Å². The van der Waals surface area contributed by atoms with Crippen molar-refractivity contribution < 1.29 is 27.5 Å². The summed E-state index contributed by atoms with van der Waals surface area (Å²) in [5, 5.41) is 0. The van der Waals surface area contributed by atoms with Gasteiger partial charge in [0, 0.05) is 30.6 Å². The third kappa shape index (κ3) is 6.22. The number of amides is 2. The highest BCUT2D eigenvalue weighted by atomic mass is 32.2. The number of ether oxygens (including phenoxy) is 1. The van der Waals surface area contributed by atoms with Gasteiger partial charge in [-0.15, -0.1) is 11.8 Å². The highest BCUT2D eigenvalue weighted by Crippen LogP contribution is 2.25. The van der Waals surface area contributed by atoms with Gasteiger partial charge in [-0.05, 0) is 38.3 Å². The van der Waals surface area contributed by atoms with E-state index in [1.165, 1.54) is 16.7 Å². The Kier molecular flexibility index (Phi) is 7.99. The third-order valence-corrected chi connectivity index (χ3v) is 8.36. The summed E-state index contributed by atoms with van der Waals surface area (Å²) in [5.74, 6) is -0.742. The summed E-state index contributed by atoms with van der Waals surface area (Å²) in [6.45, 7) is 3.23. The van der Waals surface area contributed by atoms with Crippen LogP contribution in [0.15, 0.2) is 29.2 Å². The molecule has 10 heteroatoms. The fourth-order valence-electron chi connectivity index (χ4n) is 3.91. The molecule has 2 amide bonds. The first-order chi connectivity index (χ1) is 14.8. The molecule has 0 unspecified atom stereocenters. The van der Waals surface area contributed by atoms with Crippen LogP contribution in [0.3, 0.4) is 0 Å². The second kappa shape index (κ2) is 10.5. The number of nitrogens with zero attached hydrogens (tertiary/aromatic N) is 2. The minimum absolute atomic E-state index is 0.0472. The molecule has 0 N–H and O–H groups in total. The summed E-state index contributed by atoms with van der Waals surface area (Å²) < 4.78 is 28.7. The molecular formula is C21H28N2O6S2. The van der Waals surface area contributed by atoms with Gasteiger partial charge < -0.3 is 14.5 Å². The van der Waals surface area contributed by atoms with Crippen LogP contribution in [0, 0.1) is 0 Å². The number of likely N-dealkylation sites (N-methyl/N-ethyl adjacent to an activating group) is 1. The first-order valence-electron chi connectivity index (χ1n) is 10.5. The predicted molar refractivity (Wildman–Crippen MR) is 118 cm³/mol. The van der Waals surface area contributed by atoms with Crippen LogP contribution in [0.25, 0.3) is 0 Å². The van der Waals surface area contributed by atoms with Gasteiger partial charge in [-0.3, -0.25) is 9.59 Å². The standard InChI is InChI=1S/C21H28N2O6S2/c1-2-23(16-9-12-31(27,28)15-16)19(24)13-29-21(26)17-7-3-4-8-18(17)30-14-20(25)22-10-5-6-11-22/h3-4,7-8,16H,2,5-6,9-15H2,1H3/t16-/m1/s1. The lowest BCUT2D eigenvalue weighted by Gasteiger charge is -2.26. The molecule has 2 aliphatic heterocycles. The zero-order chi connectivity index (χ0) is 22.4. The molecule has 2 fully saturated rings. The number of hydrogen-bond donors (Lipinski definition) is 0. The summed E-state index contributed by atoms with van der Waals surface area (Å²) in [5.41, 5.74) is 0.306. The van der Waals surface area contributed by atoms with Crippen LogP contribution in [0.1, 0.15) is 36.5 Å². The van der Waals surface area contributed by atoms with Gasteiger partial charge in [-0.25, -0.2) is 13.2 Å². The highest BCUT2D eigenvalue weighted by molar-refractivity contribution is 8.00. The van der Waals surface area contributed by atoms with Crippen molar-refractivity contribution in [2.45, 2.75) is 37.1 Å². The van der Waals surface area contributed by atoms with Gasteiger partial charge in [0.15, 0.2) is 16.4 Å². The van der Waals surface area contributed by atoms with Gasteiger partial charge in [0.2, 0.25) is 5.91 Å². The van der Waals surface area contributed by atoms with Gasteiger partial charge in [0.05, 0.1) is 22.8 Å². The summed E-state index contributed by atoms with van der Waals surface area (Å²) in [6.07, 6.45) is 2.45. The van der Waals surface area contributed by atoms with Crippen LogP contribution < -0.4 is 0 Å². The Labute approximate surface area is 187 Å². The Hall–Kier alpha value is -2.07. The minimum atomic E-state index is -3.12. The van der Waals surface area contributed by atoms with Gasteiger partial charge in [-0.1, -0.05) is 12.1 Å². The van der Waals surface area contributed by atoms with Crippen LogP contribution in [0.4, 0.5) is 0 Å². The first kappa shape index (κ1) is 23.6. The molecule has 31 heavy (non-hydrogen) atoms. The van der Waals surface area contributed by atoms with Crippen molar-refractivity contribution in [3.8, 4) is 0 Å². The maximum atomic E-state index is 12.6. The van der Waals surface area contributed by atoms with E-state index in [2.05, 4.69) is 0 Å². The predicted octanol–water partition coefficient (Wildman–Crippen LogP) is 1.59. The molecule has 0 radical (unpaired) electrons. The van der Waals surface area contributed by atoms with Crippen LogP contribution >= 0.6 is 11.8 Å². The Bertz CT molecular complexity index is 928. The van der Waals surface area contributed by atoms with Gasteiger partial charge >= 0.3 is 5.97 Å². The average molecular weight is 469 g/mol. The number of sulfone groups is 1. The first-order valence-corrected chi connectivity index (χ1v) is 13.3. The Morgan fingerprint density at radius 1 is 1.19 bits per heavy atom. The molecular weight excluding hydrogens is 440 g/mol. The lowest BCUT2D eigenvalue weighted by molar-refractivity contribution is -0.136. The molecule has 170 valence electrons. The molecule has 3 rings (SSSR count). The second-order valence-corrected chi connectivity index (χ2v) is 10.9. The summed E-state index contributed by atoms with van der Waals surface area (Å²) in [6, 6.07) is 6.47. The van der Waals surface area contributed by atoms with Crippen LogP contribution in [-0.4, -0.2) is 85.5 Å². The van der Waals surface area contributed by atoms with Crippen molar-refractivity contribution in [3.05, 3.63) is 29.8 Å². The highest BCUT2D eigenvalue weighted by Gasteiger charge is 2.34. The fourth-order valence-corrected chi connectivity index (χ4v) is 6.58. The number of carbonyl (C=O) groups excluding carboxylic acids is 3. The zero-order valence-corrected chi connectivity index (χ0v) is 19.3. The van der Waals surface area contributed by atoms with Gasteiger partial charge in [0.1, 0.15) is 0 Å². The van der Waals surface area contributed by atoms with Crippen LogP contribution in [0.2, 0.25) is 0 Å². The number of rotatable bonds is 8. The van der Waals surface area contributed by atoms with E-state index in [9.17, 15) is 22.8 Å². The lowest BCUT2D eigenvalue weighted by Crippen LogP contribution is -2.43. The van der Waals surface area contributed by atoms with E-state index in [1.54, 1.807) is 31.2 Å². The number of carbonyl (C=O) groups is 3. The largest absolute Gasteiger partial charge is 0.452 e. The van der Waals surface area contributed by atoms with Crippen molar-refractivity contribution in [2.24, 2.45) is 0 Å². The molecule has 0 aromatic heterocycles. The zero-order valence-electron chi connectivity index (χ0n) is 17.6. The van der Waals surface area contributed by atoms with Crippen molar-refractivity contribution in [1.82, 2.24) is 9.80 Å². The molecule has 1 aromatic carbocycles. The van der Waals surface area contributed by atoms with E-state index in [1.807, 2.05) is 4.90 Å². The minimum Gasteiger partial charge on any atom is -0.452 e. The monoisotopic (exact) mass is 468 g/mol. The summed E-state index contributed by atoms with van der Waals surface area (Å²) >= 11 is 1.28.